The SMILES string of the molecule is Fc1ccc(OCCN2CCC(Cc3ccccc3)CC2)cc1. The van der Waals surface area contributed by atoms with Gasteiger partial charge in [0, 0.05) is 6.54 Å². The second-order valence-electron chi connectivity index (χ2n) is 6.28. The number of hydrogen-bond acceptors (Lipinski definition) is 2. The molecule has 122 valence electrons. The van der Waals surface area contributed by atoms with Gasteiger partial charge in [0.15, 0.2) is 0 Å². The first kappa shape index (κ1) is 16.0. The molecular weight excluding hydrogens is 289 g/mol. The lowest BCUT2D eigenvalue weighted by Gasteiger charge is -2.31. The molecule has 0 bridgehead atoms. The standard InChI is InChI=1S/C20H24FNO/c21-19-6-8-20(9-7-19)23-15-14-22-12-10-18(11-13-22)16-17-4-2-1-3-5-17/h1-9,18H,10-16H2. The van der Waals surface area contributed by atoms with Crippen molar-refractivity contribution < 1.29 is 9.13 Å². The normalized spacial score (nSPS) is 16.4. The van der Waals surface area contributed by atoms with E-state index in [0.717, 1.165) is 31.3 Å². The number of rotatable bonds is 6. The summed E-state index contributed by atoms with van der Waals surface area (Å²) in [6.45, 7) is 3.89. The molecule has 3 rings (SSSR count). The molecule has 2 aromatic carbocycles. The van der Waals surface area contributed by atoms with Crippen molar-refractivity contribution in [2.45, 2.75) is 19.3 Å². The summed E-state index contributed by atoms with van der Waals surface area (Å²) >= 11 is 0. The smallest absolute Gasteiger partial charge is 0.123 e. The molecule has 0 amide bonds. The Morgan fingerprint density at radius 3 is 2.35 bits per heavy atom. The van der Waals surface area contributed by atoms with Gasteiger partial charge in [0.25, 0.3) is 0 Å². The third-order valence-corrected chi connectivity index (χ3v) is 4.56. The summed E-state index contributed by atoms with van der Waals surface area (Å²) in [6, 6.07) is 17.0. The number of nitrogens with zero attached hydrogens (tertiary/aromatic N) is 1. The minimum Gasteiger partial charge on any atom is -0.492 e. The molecule has 23 heavy (non-hydrogen) atoms. The largest absolute Gasteiger partial charge is 0.492 e. The molecule has 1 fully saturated rings. The Morgan fingerprint density at radius 2 is 1.65 bits per heavy atom. The van der Waals surface area contributed by atoms with Crippen LogP contribution >= 0.6 is 0 Å². The molecule has 1 saturated heterocycles. The van der Waals surface area contributed by atoms with E-state index in [1.165, 1.54) is 37.0 Å². The Hall–Kier alpha value is -1.87. The molecule has 1 aliphatic rings. The van der Waals surface area contributed by atoms with Gasteiger partial charge < -0.3 is 4.74 Å². The lowest BCUT2D eigenvalue weighted by Crippen LogP contribution is -2.37. The zero-order valence-corrected chi connectivity index (χ0v) is 13.5. The molecule has 0 aromatic heterocycles. The van der Waals surface area contributed by atoms with Crippen LogP contribution in [-0.2, 0) is 6.42 Å². The van der Waals surface area contributed by atoms with Gasteiger partial charge in [-0.1, -0.05) is 30.3 Å². The fourth-order valence-electron chi connectivity index (χ4n) is 3.19. The molecule has 0 N–H and O–H groups in total. The van der Waals surface area contributed by atoms with Crippen LogP contribution in [0.5, 0.6) is 5.75 Å². The minimum atomic E-state index is -0.224. The second kappa shape index (κ2) is 8.11. The molecule has 0 atom stereocenters. The van der Waals surface area contributed by atoms with Gasteiger partial charge in [-0.2, -0.15) is 0 Å². The van der Waals surface area contributed by atoms with Crippen LogP contribution in [0.4, 0.5) is 4.39 Å². The monoisotopic (exact) mass is 313 g/mol. The predicted molar refractivity (Wildman–Crippen MR) is 91.2 cm³/mol. The molecule has 0 saturated carbocycles. The van der Waals surface area contributed by atoms with E-state index in [4.69, 9.17) is 4.74 Å². The van der Waals surface area contributed by atoms with Crippen molar-refractivity contribution in [3.8, 4) is 5.75 Å². The van der Waals surface area contributed by atoms with Crippen LogP contribution in [0.3, 0.4) is 0 Å². The topological polar surface area (TPSA) is 12.5 Å². The van der Waals surface area contributed by atoms with Crippen molar-refractivity contribution in [2.24, 2.45) is 5.92 Å². The van der Waals surface area contributed by atoms with Crippen molar-refractivity contribution in [2.75, 3.05) is 26.2 Å². The maximum Gasteiger partial charge on any atom is 0.123 e. The molecule has 0 spiro atoms. The lowest BCUT2D eigenvalue weighted by atomic mass is 9.90. The van der Waals surface area contributed by atoms with Gasteiger partial charge in [-0.25, -0.2) is 4.39 Å². The van der Waals surface area contributed by atoms with Gasteiger partial charge in [-0.05, 0) is 68.1 Å². The number of halogens is 1. The van der Waals surface area contributed by atoms with E-state index in [9.17, 15) is 4.39 Å². The van der Waals surface area contributed by atoms with Gasteiger partial charge in [-0.15, -0.1) is 0 Å². The van der Waals surface area contributed by atoms with Crippen LogP contribution < -0.4 is 4.74 Å². The van der Waals surface area contributed by atoms with E-state index >= 15 is 0 Å². The molecule has 0 unspecified atom stereocenters. The third kappa shape index (κ3) is 5.07. The molecule has 1 heterocycles. The Labute approximate surface area is 137 Å². The summed E-state index contributed by atoms with van der Waals surface area (Å²) in [7, 11) is 0. The first-order valence-electron chi connectivity index (χ1n) is 8.44. The van der Waals surface area contributed by atoms with Crippen LogP contribution in [-0.4, -0.2) is 31.1 Å². The summed E-state index contributed by atoms with van der Waals surface area (Å²) in [4.78, 5) is 2.46. The summed E-state index contributed by atoms with van der Waals surface area (Å²) in [5.74, 6) is 1.31. The quantitative estimate of drug-likeness (QED) is 0.794. The summed E-state index contributed by atoms with van der Waals surface area (Å²) in [6.07, 6.45) is 3.71. The molecule has 1 aliphatic heterocycles. The number of ether oxygens (including phenoxy) is 1. The van der Waals surface area contributed by atoms with E-state index in [1.807, 2.05) is 0 Å². The second-order valence-corrected chi connectivity index (χ2v) is 6.28. The van der Waals surface area contributed by atoms with E-state index in [2.05, 4.69) is 35.2 Å². The Kier molecular flexibility index (Phi) is 5.65. The van der Waals surface area contributed by atoms with Gasteiger partial charge in [0.05, 0.1) is 0 Å². The number of piperidine rings is 1. The van der Waals surface area contributed by atoms with Gasteiger partial charge in [0.1, 0.15) is 18.2 Å². The van der Waals surface area contributed by atoms with Crippen molar-refractivity contribution in [1.82, 2.24) is 4.90 Å². The zero-order valence-electron chi connectivity index (χ0n) is 13.5. The Bertz CT molecular complexity index is 576. The highest BCUT2D eigenvalue weighted by Crippen LogP contribution is 2.21. The fraction of sp³-hybridized carbons (Fsp3) is 0.400. The lowest BCUT2D eigenvalue weighted by molar-refractivity contribution is 0.155. The first-order valence-corrected chi connectivity index (χ1v) is 8.44. The van der Waals surface area contributed by atoms with Crippen LogP contribution in [0.15, 0.2) is 54.6 Å². The molecule has 2 aromatic rings. The third-order valence-electron chi connectivity index (χ3n) is 4.56. The van der Waals surface area contributed by atoms with E-state index in [1.54, 1.807) is 12.1 Å². The van der Waals surface area contributed by atoms with Crippen molar-refractivity contribution in [3.05, 3.63) is 66.0 Å². The summed E-state index contributed by atoms with van der Waals surface area (Å²) in [5, 5.41) is 0. The maximum absolute atomic E-state index is 12.8. The van der Waals surface area contributed by atoms with Crippen molar-refractivity contribution >= 4 is 0 Å². The number of benzene rings is 2. The highest BCUT2D eigenvalue weighted by atomic mass is 19.1. The average Bonchev–Trinajstić information content (AvgIpc) is 2.59. The molecule has 2 nitrogen and oxygen atoms in total. The van der Waals surface area contributed by atoms with Crippen molar-refractivity contribution in [1.29, 1.82) is 0 Å². The van der Waals surface area contributed by atoms with Gasteiger partial charge in [0.2, 0.25) is 0 Å². The van der Waals surface area contributed by atoms with Crippen LogP contribution in [0.2, 0.25) is 0 Å². The minimum absolute atomic E-state index is 0.224. The van der Waals surface area contributed by atoms with Crippen molar-refractivity contribution in [3.63, 3.8) is 0 Å². The first-order chi connectivity index (χ1) is 11.3. The fourth-order valence-corrected chi connectivity index (χ4v) is 3.19. The summed E-state index contributed by atoms with van der Waals surface area (Å²) in [5.41, 5.74) is 1.45. The molecule has 3 heteroatoms. The van der Waals surface area contributed by atoms with Crippen LogP contribution in [0.25, 0.3) is 0 Å². The Morgan fingerprint density at radius 1 is 0.957 bits per heavy atom. The molecule has 0 aliphatic carbocycles. The highest BCUT2D eigenvalue weighted by molar-refractivity contribution is 5.22. The predicted octanol–water partition coefficient (Wildman–Crippen LogP) is 4.16. The average molecular weight is 313 g/mol. The maximum atomic E-state index is 12.8. The van der Waals surface area contributed by atoms with E-state index in [0.29, 0.717) is 6.61 Å². The van der Waals surface area contributed by atoms with E-state index in [-0.39, 0.29) is 5.82 Å². The van der Waals surface area contributed by atoms with Crippen LogP contribution in [0.1, 0.15) is 18.4 Å². The molecule has 0 radical (unpaired) electrons. The number of hydrogen-bond donors (Lipinski definition) is 0. The van der Waals surface area contributed by atoms with Crippen LogP contribution in [0, 0.1) is 11.7 Å². The van der Waals surface area contributed by atoms with E-state index < -0.39 is 0 Å². The number of likely N-dealkylation sites (tertiary alicyclic amines) is 1. The summed E-state index contributed by atoms with van der Waals surface area (Å²) < 4.78 is 18.5. The van der Waals surface area contributed by atoms with Gasteiger partial charge >= 0.3 is 0 Å². The molecular formula is C20H24FNO. The highest BCUT2D eigenvalue weighted by Gasteiger charge is 2.19. The van der Waals surface area contributed by atoms with Gasteiger partial charge in [-0.3, -0.25) is 4.90 Å². The zero-order chi connectivity index (χ0) is 15.9. The Balaban J connectivity index is 1.35.